The fourth-order valence-corrected chi connectivity index (χ4v) is 6.41. The Bertz CT molecular complexity index is 1750. The van der Waals surface area contributed by atoms with Gasteiger partial charge in [-0.2, -0.15) is 0 Å². The number of likely N-dealkylation sites (N-methyl/N-ethyl adjacent to an activating group) is 1. The normalized spacial score (nSPS) is 21.4. The lowest BCUT2D eigenvalue weighted by molar-refractivity contribution is -0.136. The van der Waals surface area contributed by atoms with Crippen molar-refractivity contribution in [2.45, 2.75) is 65.2 Å². The number of benzene rings is 2. The van der Waals surface area contributed by atoms with Gasteiger partial charge in [0.2, 0.25) is 23.6 Å². The number of amides is 6. The van der Waals surface area contributed by atoms with E-state index >= 15 is 0 Å². The van der Waals surface area contributed by atoms with E-state index < -0.39 is 59.6 Å². The van der Waals surface area contributed by atoms with Crippen LogP contribution >= 0.6 is 11.3 Å². The van der Waals surface area contributed by atoms with Gasteiger partial charge in [0.1, 0.15) is 34.6 Å². The first kappa shape index (κ1) is 39.5. The van der Waals surface area contributed by atoms with Crippen molar-refractivity contribution in [3.63, 3.8) is 0 Å². The Hall–Kier alpha value is -5.31. The molecule has 0 radical (unpaired) electrons. The third-order valence-electron chi connectivity index (χ3n) is 8.48. The van der Waals surface area contributed by atoms with Crippen LogP contribution in [0.2, 0.25) is 0 Å². The van der Waals surface area contributed by atoms with Gasteiger partial charge in [-0.05, 0) is 56.9 Å². The van der Waals surface area contributed by atoms with Gasteiger partial charge in [-0.15, -0.1) is 11.3 Å². The van der Waals surface area contributed by atoms with Gasteiger partial charge in [0.25, 0.3) is 11.8 Å². The molecule has 2 heterocycles. The second-order valence-corrected chi connectivity index (χ2v) is 13.9. The zero-order valence-corrected chi connectivity index (χ0v) is 31.1. The molecule has 0 spiro atoms. The monoisotopic (exact) mass is 733 g/mol. The zero-order chi connectivity index (χ0) is 37.9. The first-order chi connectivity index (χ1) is 24.8. The quantitative estimate of drug-likeness (QED) is 0.298. The van der Waals surface area contributed by atoms with E-state index in [4.69, 9.17) is 4.74 Å². The fraction of sp³-hybridized carbons (Fsp3) is 0.432. The van der Waals surface area contributed by atoms with Crippen LogP contribution in [0, 0.1) is 5.92 Å². The SMILES string of the molecule is CCOc1cccc(C(=O)N2CCN(C)C(=O)[C@@H](C)NC(=O)[C@H](C(C)C)NC(=O)[C@H](C)NC(=O)c3csc(n3)[C@H](Cc3ccccc3)NC(=O)C2)c1. The predicted octanol–water partition coefficient (Wildman–Crippen LogP) is 2.32. The van der Waals surface area contributed by atoms with Crippen LogP contribution in [-0.2, 0) is 25.6 Å². The highest BCUT2D eigenvalue weighted by Crippen LogP contribution is 2.23. The Balaban J connectivity index is 1.70. The van der Waals surface area contributed by atoms with Gasteiger partial charge in [-0.1, -0.05) is 50.2 Å². The Labute approximate surface area is 307 Å². The molecule has 1 aliphatic rings. The summed E-state index contributed by atoms with van der Waals surface area (Å²) in [6, 6.07) is 12.4. The van der Waals surface area contributed by atoms with Crippen molar-refractivity contribution in [2.75, 3.05) is 33.3 Å². The second kappa shape index (κ2) is 18.3. The molecule has 0 saturated heterocycles. The number of ether oxygens (including phenoxy) is 1. The number of hydrogen-bond donors (Lipinski definition) is 4. The van der Waals surface area contributed by atoms with E-state index in [0.29, 0.717) is 29.3 Å². The third-order valence-corrected chi connectivity index (χ3v) is 9.44. The van der Waals surface area contributed by atoms with Crippen molar-refractivity contribution in [3.8, 4) is 5.75 Å². The van der Waals surface area contributed by atoms with Gasteiger partial charge in [0.05, 0.1) is 19.2 Å². The summed E-state index contributed by atoms with van der Waals surface area (Å²) >= 11 is 1.18. The minimum absolute atomic E-state index is 0.0124. The predicted molar refractivity (Wildman–Crippen MR) is 196 cm³/mol. The number of nitrogens with one attached hydrogen (secondary N) is 4. The van der Waals surface area contributed by atoms with Crippen LogP contribution < -0.4 is 26.0 Å². The minimum Gasteiger partial charge on any atom is -0.494 e. The van der Waals surface area contributed by atoms with E-state index in [1.807, 2.05) is 37.3 Å². The Morgan fingerprint density at radius 2 is 1.65 bits per heavy atom. The maximum absolute atomic E-state index is 13.9. The summed E-state index contributed by atoms with van der Waals surface area (Å²) < 4.78 is 5.59. The maximum Gasteiger partial charge on any atom is 0.271 e. The molecule has 14 nitrogen and oxygen atoms in total. The van der Waals surface area contributed by atoms with Crippen LogP contribution in [0.3, 0.4) is 0 Å². The molecule has 4 rings (SSSR count). The van der Waals surface area contributed by atoms with Crippen molar-refractivity contribution in [1.82, 2.24) is 36.1 Å². The highest BCUT2D eigenvalue weighted by Gasteiger charge is 2.31. The molecule has 3 aromatic rings. The second-order valence-electron chi connectivity index (χ2n) is 13.0. The lowest BCUT2D eigenvalue weighted by Gasteiger charge is -2.29. The number of nitrogens with zero attached hydrogens (tertiary/aromatic N) is 3. The third kappa shape index (κ3) is 10.6. The van der Waals surface area contributed by atoms with Gasteiger partial charge in [0, 0.05) is 31.1 Å². The van der Waals surface area contributed by atoms with E-state index in [1.54, 1.807) is 50.5 Å². The van der Waals surface area contributed by atoms with Crippen molar-refractivity contribution in [2.24, 2.45) is 5.92 Å². The molecule has 2 bridgehead atoms. The maximum atomic E-state index is 13.9. The molecule has 1 aliphatic heterocycles. The van der Waals surface area contributed by atoms with Gasteiger partial charge in [-0.25, -0.2) is 4.98 Å². The molecular weight excluding hydrogens is 687 g/mol. The molecule has 0 saturated carbocycles. The van der Waals surface area contributed by atoms with Crippen molar-refractivity contribution < 1.29 is 33.5 Å². The van der Waals surface area contributed by atoms with Crippen LogP contribution in [0.15, 0.2) is 60.0 Å². The zero-order valence-electron chi connectivity index (χ0n) is 30.3. The number of carbonyl (C=O) groups is 6. The summed E-state index contributed by atoms with van der Waals surface area (Å²) in [5, 5.41) is 13.0. The van der Waals surface area contributed by atoms with Crippen LogP contribution in [-0.4, -0.2) is 102 Å². The number of thiazole rings is 1. The molecule has 6 amide bonds. The molecular formula is C37H47N7O7S. The first-order valence-corrected chi connectivity index (χ1v) is 18.1. The lowest BCUT2D eigenvalue weighted by atomic mass is 10.0. The lowest BCUT2D eigenvalue weighted by Crippen LogP contribution is -2.57. The van der Waals surface area contributed by atoms with Gasteiger partial charge >= 0.3 is 0 Å². The smallest absolute Gasteiger partial charge is 0.271 e. The molecule has 4 atom stereocenters. The minimum atomic E-state index is -1.02. The van der Waals surface area contributed by atoms with Gasteiger partial charge in [0.15, 0.2) is 0 Å². The molecule has 0 aliphatic carbocycles. The molecule has 0 fully saturated rings. The fourth-order valence-electron chi connectivity index (χ4n) is 5.56. The standard InChI is InChI=1S/C37H47N7O7S/c1-7-51-27-15-11-14-26(19-27)37(50)44-17-16-43(6)36(49)24(5)39-34(48)31(22(2)3)42-32(46)23(4)38-33(47)29-21-52-35(41-29)28(40-30(45)20-44)18-25-12-9-8-10-13-25/h8-15,19,21-24,28,31H,7,16-18,20H2,1-6H3,(H,38,47)(H,39,48)(H,40,45)(H,42,46)/t23-,24+,28-,31-/m0/s1. The summed E-state index contributed by atoms with van der Waals surface area (Å²) in [6.45, 7) is 8.43. The number of aromatic nitrogens is 1. The summed E-state index contributed by atoms with van der Waals surface area (Å²) in [6.07, 6.45) is 0.344. The van der Waals surface area contributed by atoms with Crippen LogP contribution in [0.25, 0.3) is 0 Å². The number of carbonyl (C=O) groups excluding carboxylic acids is 6. The average molecular weight is 734 g/mol. The van der Waals surface area contributed by atoms with E-state index in [9.17, 15) is 28.8 Å². The molecule has 15 heteroatoms. The van der Waals surface area contributed by atoms with E-state index in [-0.39, 0.29) is 31.2 Å². The van der Waals surface area contributed by atoms with Crippen molar-refractivity contribution in [1.29, 1.82) is 0 Å². The van der Waals surface area contributed by atoms with Gasteiger partial charge < -0.3 is 35.8 Å². The molecule has 4 N–H and O–H groups in total. The molecule has 1 aromatic heterocycles. The van der Waals surface area contributed by atoms with Crippen LogP contribution in [0.1, 0.15) is 72.1 Å². The average Bonchev–Trinajstić information content (AvgIpc) is 3.62. The molecule has 52 heavy (non-hydrogen) atoms. The molecule has 2 aromatic carbocycles. The van der Waals surface area contributed by atoms with E-state index in [0.717, 1.165) is 5.56 Å². The number of fused-ring (bicyclic) bond motifs is 2. The topological polar surface area (TPSA) is 179 Å². The molecule has 278 valence electrons. The largest absolute Gasteiger partial charge is 0.494 e. The number of rotatable bonds is 6. The Kier molecular flexibility index (Phi) is 13.9. The molecule has 0 unspecified atom stereocenters. The van der Waals surface area contributed by atoms with Crippen LogP contribution in [0.5, 0.6) is 5.75 Å². The van der Waals surface area contributed by atoms with E-state index in [1.165, 1.54) is 35.0 Å². The first-order valence-electron chi connectivity index (χ1n) is 17.2. The summed E-state index contributed by atoms with van der Waals surface area (Å²) in [7, 11) is 1.54. The Morgan fingerprint density at radius 3 is 2.35 bits per heavy atom. The Morgan fingerprint density at radius 1 is 0.923 bits per heavy atom. The summed E-state index contributed by atoms with van der Waals surface area (Å²) in [4.78, 5) is 88.1. The van der Waals surface area contributed by atoms with E-state index in [2.05, 4.69) is 26.3 Å². The van der Waals surface area contributed by atoms with Crippen molar-refractivity contribution >= 4 is 46.8 Å². The highest BCUT2D eigenvalue weighted by molar-refractivity contribution is 7.09. The highest BCUT2D eigenvalue weighted by atomic mass is 32.1. The van der Waals surface area contributed by atoms with Gasteiger partial charge in [-0.3, -0.25) is 28.8 Å². The summed E-state index contributed by atoms with van der Waals surface area (Å²) in [5.74, 6) is -3.00. The van der Waals surface area contributed by atoms with Crippen LogP contribution in [0.4, 0.5) is 0 Å². The summed E-state index contributed by atoms with van der Waals surface area (Å²) in [5.41, 5.74) is 1.26. The number of hydrogen-bond acceptors (Lipinski definition) is 9. The van der Waals surface area contributed by atoms with Crippen molar-refractivity contribution in [3.05, 3.63) is 81.8 Å².